The maximum Gasteiger partial charge on any atom is 0.398 e. The lowest BCUT2D eigenvalue weighted by atomic mass is 9.90. The summed E-state index contributed by atoms with van der Waals surface area (Å²) in [6, 6.07) is 0. The molecule has 1 saturated heterocycles. The molecule has 0 spiro atoms. The number of hydrogen-bond acceptors (Lipinski definition) is 5. The third-order valence-electron chi connectivity index (χ3n) is 1.73. The van der Waals surface area contributed by atoms with Crippen molar-refractivity contribution in [2.24, 2.45) is 5.41 Å². The number of carbonyl (C=O) groups excluding carboxylic acids is 1. The van der Waals surface area contributed by atoms with E-state index in [0.29, 0.717) is 0 Å². The molecule has 76 valence electrons. The number of hydrogen-bond donors (Lipinski definition) is 1. The van der Waals surface area contributed by atoms with E-state index in [0.717, 1.165) is 0 Å². The molecule has 1 aliphatic heterocycles. The quantitative estimate of drug-likeness (QED) is 0.499. The van der Waals surface area contributed by atoms with Crippen molar-refractivity contribution in [1.82, 2.24) is 0 Å². The van der Waals surface area contributed by atoms with Crippen LogP contribution in [0, 0.1) is 5.41 Å². The molecule has 1 unspecified atom stereocenters. The lowest BCUT2D eigenvalue weighted by molar-refractivity contribution is -0.144. The molecule has 6 nitrogen and oxygen atoms in total. The summed E-state index contributed by atoms with van der Waals surface area (Å²) in [6.07, 6.45) is -1.26. The molecule has 1 heterocycles. The summed E-state index contributed by atoms with van der Waals surface area (Å²) in [5, 5.41) is 0. The summed E-state index contributed by atoms with van der Waals surface area (Å²) in [5.74, 6) is -0.775. The minimum Gasteiger partial charge on any atom is -0.463 e. The van der Waals surface area contributed by atoms with Crippen LogP contribution >= 0.6 is 0 Å². The molecule has 0 amide bonds. The Bertz CT molecular complexity index is 316. The van der Waals surface area contributed by atoms with Crippen LogP contribution in [0.25, 0.3) is 0 Å². The largest absolute Gasteiger partial charge is 0.463 e. The van der Waals surface area contributed by atoms with Gasteiger partial charge in [0.2, 0.25) is 0 Å². The first-order chi connectivity index (χ1) is 5.72. The fourth-order valence-corrected chi connectivity index (χ4v) is 1.60. The highest BCUT2D eigenvalue weighted by Crippen LogP contribution is 2.31. The van der Waals surface area contributed by atoms with Gasteiger partial charge in [-0.1, -0.05) is 13.8 Å². The van der Waals surface area contributed by atoms with Crippen LogP contribution in [0.4, 0.5) is 0 Å². The highest BCUT2D eigenvalue weighted by atomic mass is 32.3. The molecule has 1 N–H and O–H groups in total. The SMILES string of the molecule is CC1(C)COC(=O)C1OS(=O)(=O)O. The second-order valence-electron chi connectivity index (χ2n) is 3.50. The third kappa shape index (κ3) is 2.39. The Balaban J connectivity index is 2.84. The summed E-state index contributed by atoms with van der Waals surface area (Å²) >= 11 is 0. The molecule has 0 bridgehead atoms. The Labute approximate surface area is 75.8 Å². The molecule has 7 heteroatoms. The van der Waals surface area contributed by atoms with E-state index in [9.17, 15) is 13.2 Å². The molecule has 1 rings (SSSR count). The standard InChI is InChI=1S/C6H10O6S/c1-6(2)3-11-5(7)4(6)12-13(8,9)10/h4H,3H2,1-2H3,(H,8,9,10). The summed E-state index contributed by atoms with van der Waals surface area (Å²) in [5.41, 5.74) is -0.743. The van der Waals surface area contributed by atoms with Crippen molar-refractivity contribution in [2.45, 2.75) is 20.0 Å². The molecule has 1 atom stereocenters. The zero-order valence-corrected chi connectivity index (χ0v) is 8.00. The van der Waals surface area contributed by atoms with Crippen LogP contribution in [0.15, 0.2) is 0 Å². The fourth-order valence-electron chi connectivity index (χ4n) is 1.02. The van der Waals surface area contributed by atoms with Crippen molar-refractivity contribution in [3.8, 4) is 0 Å². The van der Waals surface area contributed by atoms with E-state index in [1.54, 1.807) is 13.8 Å². The van der Waals surface area contributed by atoms with Gasteiger partial charge in [0.15, 0.2) is 6.10 Å². The van der Waals surface area contributed by atoms with Crippen molar-refractivity contribution in [1.29, 1.82) is 0 Å². The first-order valence-electron chi connectivity index (χ1n) is 3.55. The molecule has 0 aromatic heterocycles. The van der Waals surface area contributed by atoms with Crippen molar-refractivity contribution in [3.63, 3.8) is 0 Å². The lowest BCUT2D eigenvalue weighted by Gasteiger charge is -2.19. The number of cyclic esters (lactones) is 1. The van der Waals surface area contributed by atoms with Gasteiger partial charge in [-0.25, -0.2) is 8.98 Å². The van der Waals surface area contributed by atoms with E-state index in [1.165, 1.54) is 0 Å². The van der Waals surface area contributed by atoms with E-state index in [-0.39, 0.29) is 6.61 Å². The zero-order valence-electron chi connectivity index (χ0n) is 7.18. The highest BCUT2D eigenvalue weighted by molar-refractivity contribution is 7.80. The number of rotatable bonds is 2. The van der Waals surface area contributed by atoms with Crippen molar-refractivity contribution in [3.05, 3.63) is 0 Å². The van der Waals surface area contributed by atoms with Crippen LogP contribution in [0.1, 0.15) is 13.8 Å². The number of esters is 1. The first-order valence-corrected chi connectivity index (χ1v) is 4.91. The minimum absolute atomic E-state index is 0.0754. The second kappa shape index (κ2) is 2.93. The van der Waals surface area contributed by atoms with Gasteiger partial charge in [-0.2, -0.15) is 8.42 Å². The van der Waals surface area contributed by atoms with Gasteiger partial charge >= 0.3 is 16.4 Å². The zero-order chi connectivity index (χ0) is 10.3. The molecule has 0 saturated carbocycles. The van der Waals surface area contributed by atoms with Crippen LogP contribution in [0.5, 0.6) is 0 Å². The van der Waals surface area contributed by atoms with Gasteiger partial charge in [0.25, 0.3) is 0 Å². The molecular weight excluding hydrogens is 200 g/mol. The van der Waals surface area contributed by atoms with Gasteiger partial charge in [0, 0.05) is 5.41 Å². The fraction of sp³-hybridized carbons (Fsp3) is 0.833. The maximum atomic E-state index is 10.9. The maximum absolute atomic E-state index is 10.9. The number of carbonyl (C=O) groups is 1. The molecule has 1 fully saturated rings. The summed E-state index contributed by atoms with van der Waals surface area (Å²) in [6.45, 7) is 3.29. The molecule has 0 aromatic rings. The molecule has 0 radical (unpaired) electrons. The van der Waals surface area contributed by atoms with Gasteiger partial charge in [-0.05, 0) is 0 Å². The van der Waals surface area contributed by atoms with E-state index in [4.69, 9.17) is 4.55 Å². The molecule has 13 heavy (non-hydrogen) atoms. The van der Waals surface area contributed by atoms with E-state index < -0.39 is 27.9 Å². The van der Waals surface area contributed by atoms with E-state index in [2.05, 4.69) is 8.92 Å². The summed E-state index contributed by atoms with van der Waals surface area (Å²) in [4.78, 5) is 10.9. The predicted molar refractivity (Wildman–Crippen MR) is 41.2 cm³/mol. The molecular formula is C6H10O6S. The Morgan fingerprint density at radius 3 is 2.46 bits per heavy atom. The molecule has 1 aliphatic rings. The van der Waals surface area contributed by atoms with Gasteiger partial charge in [0.05, 0.1) is 6.61 Å². The Morgan fingerprint density at radius 1 is 1.62 bits per heavy atom. The Hall–Kier alpha value is -0.660. The Morgan fingerprint density at radius 2 is 2.15 bits per heavy atom. The number of ether oxygens (including phenoxy) is 1. The average Bonchev–Trinajstić information content (AvgIpc) is 2.13. The van der Waals surface area contributed by atoms with Crippen molar-refractivity contribution >= 4 is 16.4 Å². The second-order valence-corrected chi connectivity index (χ2v) is 4.55. The van der Waals surface area contributed by atoms with Crippen LogP contribution in [0.3, 0.4) is 0 Å². The summed E-state index contributed by atoms with van der Waals surface area (Å²) < 4.78 is 37.8. The molecule has 0 aliphatic carbocycles. The van der Waals surface area contributed by atoms with Crippen LogP contribution in [-0.4, -0.2) is 31.7 Å². The van der Waals surface area contributed by atoms with Gasteiger partial charge in [-0.15, -0.1) is 0 Å². The highest BCUT2D eigenvalue weighted by Gasteiger charge is 2.47. The van der Waals surface area contributed by atoms with Crippen molar-refractivity contribution in [2.75, 3.05) is 6.61 Å². The first kappa shape index (κ1) is 10.4. The third-order valence-corrected chi connectivity index (χ3v) is 2.16. The van der Waals surface area contributed by atoms with Crippen molar-refractivity contribution < 1.29 is 26.7 Å². The monoisotopic (exact) mass is 210 g/mol. The topological polar surface area (TPSA) is 89.9 Å². The van der Waals surface area contributed by atoms with E-state index >= 15 is 0 Å². The van der Waals surface area contributed by atoms with Crippen LogP contribution < -0.4 is 0 Å². The normalized spacial score (nSPS) is 27.3. The summed E-state index contributed by atoms with van der Waals surface area (Å²) in [7, 11) is -4.61. The Kier molecular flexibility index (Phi) is 2.35. The van der Waals surface area contributed by atoms with Gasteiger partial charge in [0.1, 0.15) is 0 Å². The predicted octanol–water partition coefficient (Wildman–Crippen LogP) is -0.243. The lowest BCUT2D eigenvalue weighted by Crippen LogP contribution is -2.34. The van der Waals surface area contributed by atoms with E-state index in [1.807, 2.05) is 0 Å². The van der Waals surface area contributed by atoms with Crippen LogP contribution in [0.2, 0.25) is 0 Å². The molecule has 0 aromatic carbocycles. The van der Waals surface area contributed by atoms with Gasteiger partial charge in [-0.3, -0.25) is 4.55 Å². The minimum atomic E-state index is -4.61. The van der Waals surface area contributed by atoms with Crippen LogP contribution in [-0.2, 0) is 24.1 Å². The average molecular weight is 210 g/mol. The van der Waals surface area contributed by atoms with Gasteiger partial charge < -0.3 is 4.74 Å². The smallest absolute Gasteiger partial charge is 0.398 e.